The van der Waals surface area contributed by atoms with Gasteiger partial charge in [-0.1, -0.05) is 17.9 Å². The molecule has 0 radical (unpaired) electrons. The van der Waals surface area contributed by atoms with E-state index in [1.54, 1.807) is 0 Å². The minimum atomic E-state index is -0.140. The van der Waals surface area contributed by atoms with Crippen molar-refractivity contribution in [3.8, 4) is 17.6 Å². The number of hydrogen-bond acceptors (Lipinski definition) is 3. The monoisotopic (exact) mass is 260 g/mol. The van der Waals surface area contributed by atoms with Crippen LogP contribution in [0.5, 0.6) is 5.75 Å². The number of hydrogen-bond donors (Lipinski definition) is 1. The Morgan fingerprint density at radius 3 is 3.05 bits per heavy atom. The topological polar surface area (TPSA) is 38.7 Å². The van der Waals surface area contributed by atoms with Gasteiger partial charge in [0, 0.05) is 6.61 Å². The molecule has 2 rings (SSSR count). The van der Waals surface area contributed by atoms with Crippen LogP contribution in [-0.4, -0.2) is 31.0 Å². The van der Waals surface area contributed by atoms with E-state index in [0.29, 0.717) is 6.61 Å². The molecule has 102 valence electrons. The fourth-order valence-electron chi connectivity index (χ4n) is 2.12. The van der Waals surface area contributed by atoms with Crippen LogP contribution in [0.4, 0.5) is 0 Å². The summed E-state index contributed by atoms with van der Waals surface area (Å²) >= 11 is 0. The second-order valence-corrected chi connectivity index (χ2v) is 4.76. The van der Waals surface area contributed by atoms with Gasteiger partial charge in [0.05, 0.1) is 11.7 Å². The molecule has 3 heteroatoms. The van der Waals surface area contributed by atoms with Crippen LogP contribution >= 0.6 is 0 Å². The molecule has 1 aliphatic heterocycles. The largest absolute Gasteiger partial charge is 0.490 e. The van der Waals surface area contributed by atoms with E-state index in [1.165, 1.54) is 6.42 Å². The van der Waals surface area contributed by atoms with E-state index in [2.05, 4.69) is 11.8 Å². The average Bonchev–Trinajstić information content (AvgIpc) is 2.45. The highest BCUT2D eigenvalue weighted by atomic mass is 16.5. The molecular weight excluding hydrogens is 240 g/mol. The molecule has 1 unspecified atom stereocenters. The standard InChI is InChI=1S/C16H20O3/c1-13-7-8-16(14(11-13)5-4-9-17)19-12-15-6-2-3-10-18-15/h7-8,11,15,17H,2-3,6,9-10,12H2,1H3. The SMILES string of the molecule is Cc1ccc(OCC2CCCCO2)c(C#CCO)c1. The summed E-state index contributed by atoms with van der Waals surface area (Å²) in [6, 6.07) is 5.90. The zero-order valence-corrected chi connectivity index (χ0v) is 11.3. The number of ether oxygens (including phenoxy) is 2. The zero-order valence-electron chi connectivity index (χ0n) is 11.3. The van der Waals surface area contributed by atoms with Crippen LogP contribution in [0.3, 0.4) is 0 Å². The first-order valence-corrected chi connectivity index (χ1v) is 6.74. The zero-order chi connectivity index (χ0) is 13.5. The molecule has 19 heavy (non-hydrogen) atoms. The van der Waals surface area contributed by atoms with Gasteiger partial charge in [-0.25, -0.2) is 0 Å². The van der Waals surface area contributed by atoms with Crippen LogP contribution in [0.25, 0.3) is 0 Å². The molecular formula is C16H20O3. The average molecular weight is 260 g/mol. The van der Waals surface area contributed by atoms with Crippen LogP contribution in [0.1, 0.15) is 30.4 Å². The van der Waals surface area contributed by atoms with Gasteiger partial charge in [0.15, 0.2) is 0 Å². The first-order valence-electron chi connectivity index (χ1n) is 6.74. The highest BCUT2D eigenvalue weighted by Gasteiger charge is 2.15. The van der Waals surface area contributed by atoms with Crippen LogP contribution < -0.4 is 4.74 Å². The smallest absolute Gasteiger partial charge is 0.135 e. The summed E-state index contributed by atoms with van der Waals surface area (Å²) in [5.41, 5.74) is 1.95. The highest BCUT2D eigenvalue weighted by molar-refractivity contribution is 5.48. The van der Waals surface area contributed by atoms with Gasteiger partial charge < -0.3 is 14.6 Å². The third kappa shape index (κ3) is 4.27. The number of rotatable bonds is 3. The third-order valence-electron chi connectivity index (χ3n) is 3.14. The van der Waals surface area contributed by atoms with Crippen molar-refractivity contribution < 1.29 is 14.6 Å². The van der Waals surface area contributed by atoms with E-state index < -0.39 is 0 Å². The molecule has 0 aliphatic carbocycles. The van der Waals surface area contributed by atoms with Crippen molar-refractivity contribution in [3.63, 3.8) is 0 Å². The Kier molecular flexibility index (Phi) is 5.26. The number of benzene rings is 1. The summed E-state index contributed by atoms with van der Waals surface area (Å²) in [5.74, 6) is 6.35. The summed E-state index contributed by atoms with van der Waals surface area (Å²) in [6.07, 6.45) is 3.60. The first kappa shape index (κ1) is 13.9. The lowest BCUT2D eigenvalue weighted by molar-refractivity contribution is -0.0111. The van der Waals surface area contributed by atoms with Gasteiger partial charge in [0.1, 0.15) is 19.0 Å². The molecule has 1 N–H and O–H groups in total. The van der Waals surface area contributed by atoms with Gasteiger partial charge >= 0.3 is 0 Å². The molecule has 0 amide bonds. The normalized spacial score (nSPS) is 18.5. The lowest BCUT2D eigenvalue weighted by Crippen LogP contribution is -2.25. The molecule has 1 aromatic rings. The van der Waals surface area contributed by atoms with Crippen LogP contribution in [0.2, 0.25) is 0 Å². The van der Waals surface area contributed by atoms with Gasteiger partial charge in [0.2, 0.25) is 0 Å². The fourth-order valence-corrected chi connectivity index (χ4v) is 2.12. The maximum atomic E-state index is 8.79. The Labute approximate surface area is 114 Å². The molecule has 1 atom stereocenters. The molecule has 1 heterocycles. The summed E-state index contributed by atoms with van der Waals surface area (Å²) in [4.78, 5) is 0. The summed E-state index contributed by atoms with van der Waals surface area (Å²) in [5, 5.41) is 8.79. The second-order valence-electron chi connectivity index (χ2n) is 4.76. The number of aliphatic hydroxyl groups is 1. The minimum Gasteiger partial charge on any atom is -0.490 e. The Morgan fingerprint density at radius 2 is 2.32 bits per heavy atom. The van der Waals surface area contributed by atoms with Crippen molar-refractivity contribution in [2.75, 3.05) is 19.8 Å². The third-order valence-corrected chi connectivity index (χ3v) is 3.14. The maximum Gasteiger partial charge on any atom is 0.135 e. The van der Waals surface area contributed by atoms with Crippen molar-refractivity contribution >= 4 is 0 Å². The Hall–Kier alpha value is -1.50. The molecule has 1 aliphatic rings. The first-order chi connectivity index (χ1) is 9.29. The molecule has 0 aromatic heterocycles. The molecule has 0 saturated carbocycles. The lowest BCUT2D eigenvalue weighted by atomic mass is 10.1. The summed E-state index contributed by atoms with van der Waals surface area (Å²) < 4.78 is 11.5. The quantitative estimate of drug-likeness (QED) is 0.847. The Bertz CT molecular complexity index is 465. The molecule has 1 fully saturated rings. The van der Waals surface area contributed by atoms with Crippen LogP contribution in [0.15, 0.2) is 18.2 Å². The van der Waals surface area contributed by atoms with E-state index in [0.717, 1.165) is 36.3 Å². The van der Waals surface area contributed by atoms with Gasteiger partial charge in [-0.3, -0.25) is 0 Å². The Balaban J connectivity index is 2.02. The van der Waals surface area contributed by atoms with Crippen molar-refractivity contribution in [2.45, 2.75) is 32.3 Å². The molecule has 1 saturated heterocycles. The van der Waals surface area contributed by atoms with Crippen molar-refractivity contribution in [3.05, 3.63) is 29.3 Å². The van der Waals surface area contributed by atoms with Gasteiger partial charge in [-0.15, -0.1) is 0 Å². The summed E-state index contributed by atoms with van der Waals surface area (Å²) in [7, 11) is 0. The van der Waals surface area contributed by atoms with E-state index in [-0.39, 0.29) is 12.7 Å². The maximum absolute atomic E-state index is 8.79. The van der Waals surface area contributed by atoms with Crippen molar-refractivity contribution in [1.29, 1.82) is 0 Å². The molecule has 1 aromatic carbocycles. The minimum absolute atomic E-state index is 0.140. The molecule has 0 spiro atoms. The fraction of sp³-hybridized carbons (Fsp3) is 0.500. The van der Waals surface area contributed by atoms with E-state index >= 15 is 0 Å². The number of aliphatic hydroxyl groups excluding tert-OH is 1. The van der Waals surface area contributed by atoms with E-state index in [4.69, 9.17) is 14.6 Å². The van der Waals surface area contributed by atoms with Gasteiger partial charge in [0.25, 0.3) is 0 Å². The van der Waals surface area contributed by atoms with Gasteiger partial charge in [-0.2, -0.15) is 0 Å². The molecule has 0 bridgehead atoms. The highest BCUT2D eigenvalue weighted by Crippen LogP contribution is 2.21. The van der Waals surface area contributed by atoms with Crippen LogP contribution in [-0.2, 0) is 4.74 Å². The predicted octanol–water partition coefficient (Wildman–Crippen LogP) is 2.29. The number of aryl methyl sites for hydroxylation is 1. The van der Waals surface area contributed by atoms with E-state index in [1.807, 2.05) is 25.1 Å². The van der Waals surface area contributed by atoms with Crippen molar-refractivity contribution in [2.24, 2.45) is 0 Å². The summed E-state index contributed by atoms with van der Waals surface area (Å²) in [6.45, 7) is 3.27. The second kappa shape index (κ2) is 7.18. The van der Waals surface area contributed by atoms with E-state index in [9.17, 15) is 0 Å². The lowest BCUT2D eigenvalue weighted by Gasteiger charge is -2.23. The van der Waals surface area contributed by atoms with Crippen molar-refractivity contribution in [1.82, 2.24) is 0 Å². The molecule has 3 nitrogen and oxygen atoms in total. The van der Waals surface area contributed by atoms with Crippen LogP contribution in [0, 0.1) is 18.8 Å². The Morgan fingerprint density at radius 1 is 1.42 bits per heavy atom. The predicted molar refractivity (Wildman–Crippen MR) is 74.2 cm³/mol. The van der Waals surface area contributed by atoms with Gasteiger partial charge in [-0.05, 0) is 43.9 Å².